The van der Waals surface area contributed by atoms with Crippen LogP contribution in [0.25, 0.3) is 0 Å². The van der Waals surface area contributed by atoms with Crippen LogP contribution < -0.4 is 10.1 Å². The van der Waals surface area contributed by atoms with E-state index in [1.807, 2.05) is 0 Å². The molecule has 134 valence electrons. The highest BCUT2D eigenvalue weighted by Crippen LogP contribution is 2.24. The van der Waals surface area contributed by atoms with E-state index in [1.165, 1.54) is 12.1 Å². The first-order chi connectivity index (χ1) is 11.0. The van der Waals surface area contributed by atoms with Gasteiger partial charge < -0.3 is 10.1 Å². The summed E-state index contributed by atoms with van der Waals surface area (Å²) in [6, 6.07) is 4.56. The Hall–Kier alpha value is -1.81. The molecule has 0 spiro atoms. The Kier molecular flexibility index (Phi) is 5.38. The fourth-order valence-corrected chi connectivity index (χ4v) is 4.22. The average Bonchev–Trinajstić information content (AvgIpc) is 2.80. The van der Waals surface area contributed by atoms with Crippen molar-refractivity contribution in [3.63, 3.8) is 0 Å². The van der Waals surface area contributed by atoms with Crippen LogP contribution in [-0.2, 0) is 14.6 Å². The van der Waals surface area contributed by atoms with Gasteiger partial charge >= 0.3 is 6.36 Å². The number of alkyl halides is 3. The molecule has 10 heteroatoms. The second-order valence-corrected chi connectivity index (χ2v) is 7.82. The van der Waals surface area contributed by atoms with Crippen LogP contribution in [0.2, 0.25) is 0 Å². The van der Waals surface area contributed by atoms with E-state index in [0.717, 1.165) is 12.1 Å². The van der Waals surface area contributed by atoms with E-state index in [2.05, 4.69) is 10.1 Å². The normalized spacial score (nSPS) is 20.1. The Morgan fingerprint density at radius 2 is 1.96 bits per heavy atom. The van der Waals surface area contributed by atoms with Crippen LogP contribution in [0.3, 0.4) is 0 Å². The van der Waals surface area contributed by atoms with Crippen LogP contribution >= 0.6 is 0 Å². The Morgan fingerprint density at radius 3 is 2.46 bits per heavy atom. The Labute approximate surface area is 137 Å². The van der Waals surface area contributed by atoms with Crippen LogP contribution in [0.1, 0.15) is 6.42 Å². The molecule has 1 fully saturated rings. The molecule has 1 aliphatic rings. The fourth-order valence-electron chi connectivity index (χ4n) is 2.42. The summed E-state index contributed by atoms with van der Waals surface area (Å²) in [6.07, 6.45) is -4.29. The molecule has 0 aliphatic carbocycles. The van der Waals surface area contributed by atoms with Gasteiger partial charge in [-0.25, -0.2) is 8.42 Å². The van der Waals surface area contributed by atoms with Gasteiger partial charge in [-0.15, -0.1) is 13.2 Å². The molecule has 1 aliphatic heterocycles. The van der Waals surface area contributed by atoms with Gasteiger partial charge in [-0.3, -0.25) is 9.69 Å². The molecule has 1 aromatic rings. The lowest BCUT2D eigenvalue weighted by Crippen LogP contribution is -2.38. The van der Waals surface area contributed by atoms with E-state index in [4.69, 9.17) is 0 Å². The van der Waals surface area contributed by atoms with E-state index >= 15 is 0 Å². The molecular weight excluding hydrogens is 349 g/mol. The van der Waals surface area contributed by atoms with Crippen molar-refractivity contribution >= 4 is 21.4 Å². The molecule has 0 aromatic heterocycles. The number of carbonyl (C=O) groups excluding carboxylic acids is 1. The van der Waals surface area contributed by atoms with Gasteiger partial charge in [0.25, 0.3) is 0 Å². The first-order valence-electron chi connectivity index (χ1n) is 7.10. The zero-order valence-electron chi connectivity index (χ0n) is 12.8. The summed E-state index contributed by atoms with van der Waals surface area (Å²) in [5, 5.41) is 2.54. The van der Waals surface area contributed by atoms with Crippen molar-refractivity contribution in [1.29, 1.82) is 0 Å². The molecular formula is C14H17F3N2O4S. The maximum absolute atomic E-state index is 12.1. The molecule has 0 bridgehead atoms. The van der Waals surface area contributed by atoms with Crippen LogP contribution in [0.15, 0.2) is 24.3 Å². The minimum atomic E-state index is -4.77. The molecule has 24 heavy (non-hydrogen) atoms. The van der Waals surface area contributed by atoms with E-state index in [1.54, 1.807) is 11.9 Å². The Bertz CT molecular complexity index is 689. The number of likely N-dealkylation sites (N-methyl/N-ethyl adjacent to an activating group) is 1. The standard InChI is InChI=1S/C14H17F3N2O4S/c1-19(11-6-7-24(21,22)9-11)8-13(20)18-10-2-4-12(5-3-10)23-14(15,16)17/h2-5,11H,6-9H2,1H3,(H,18,20). The fraction of sp³-hybridized carbons (Fsp3) is 0.500. The number of anilines is 1. The predicted octanol–water partition coefficient (Wildman–Crippen LogP) is 1.64. The lowest BCUT2D eigenvalue weighted by atomic mass is 10.2. The summed E-state index contributed by atoms with van der Waals surface area (Å²) >= 11 is 0. The third-order valence-electron chi connectivity index (χ3n) is 3.60. The van der Waals surface area contributed by atoms with Gasteiger partial charge in [0.1, 0.15) is 5.75 Å². The highest BCUT2D eigenvalue weighted by molar-refractivity contribution is 7.91. The van der Waals surface area contributed by atoms with Crippen molar-refractivity contribution in [3.8, 4) is 5.75 Å². The topological polar surface area (TPSA) is 75.7 Å². The molecule has 0 radical (unpaired) electrons. The first-order valence-corrected chi connectivity index (χ1v) is 8.92. The maximum atomic E-state index is 12.1. The van der Waals surface area contributed by atoms with Crippen molar-refractivity contribution in [3.05, 3.63) is 24.3 Å². The zero-order valence-corrected chi connectivity index (χ0v) is 13.7. The minimum Gasteiger partial charge on any atom is -0.406 e. The summed E-state index contributed by atoms with van der Waals surface area (Å²) in [5.74, 6) is -0.620. The Balaban J connectivity index is 1.86. The van der Waals surface area contributed by atoms with E-state index in [9.17, 15) is 26.4 Å². The SMILES string of the molecule is CN(CC(=O)Nc1ccc(OC(F)(F)F)cc1)C1CCS(=O)(=O)C1. The van der Waals surface area contributed by atoms with E-state index < -0.39 is 16.2 Å². The molecule has 0 saturated carbocycles. The molecule has 1 saturated heterocycles. The smallest absolute Gasteiger partial charge is 0.406 e. The predicted molar refractivity (Wildman–Crippen MR) is 81.4 cm³/mol. The number of nitrogens with zero attached hydrogens (tertiary/aromatic N) is 1. The molecule has 1 atom stereocenters. The van der Waals surface area contributed by atoms with Crippen LogP contribution in [-0.4, -0.2) is 56.7 Å². The molecule has 1 N–H and O–H groups in total. The summed E-state index contributed by atoms with van der Waals surface area (Å²) < 4.78 is 62.8. The number of sulfone groups is 1. The van der Waals surface area contributed by atoms with Crippen LogP contribution in [0.4, 0.5) is 18.9 Å². The number of rotatable bonds is 5. The minimum absolute atomic E-state index is 0.0129. The second-order valence-electron chi connectivity index (χ2n) is 5.59. The van der Waals surface area contributed by atoms with Gasteiger partial charge in [0.05, 0.1) is 18.1 Å². The van der Waals surface area contributed by atoms with Crippen molar-refractivity contribution in [2.24, 2.45) is 0 Å². The van der Waals surface area contributed by atoms with Gasteiger partial charge in [-0.05, 0) is 37.7 Å². The quantitative estimate of drug-likeness (QED) is 0.858. The summed E-state index contributed by atoms with van der Waals surface area (Å²) in [4.78, 5) is 13.6. The highest BCUT2D eigenvalue weighted by atomic mass is 32.2. The number of carbonyl (C=O) groups is 1. The number of nitrogens with one attached hydrogen (secondary N) is 1. The first kappa shape index (κ1) is 18.5. The largest absolute Gasteiger partial charge is 0.573 e. The maximum Gasteiger partial charge on any atom is 0.573 e. The van der Waals surface area contributed by atoms with E-state index in [-0.39, 0.29) is 35.7 Å². The molecule has 1 unspecified atom stereocenters. The Morgan fingerprint density at radius 1 is 1.33 bits per heavy atom. The van der Waals surface area contributed by atoms with E-state index in [0.29, 0.717) is 12.1 Å². The number of hydrogen-bond acceptors (Lipinski definition) is 5. The molecule has 1 amide bonds. The summed E-state index contributed by atoms with van der Waals surface area (Å²) in [5.41, 5.74) is 0.321. The van der Waals surface area contributed by atoms with Crippen molar-refractivity contribution in [1.82, 2.24) is 4.90 Å². The highest BCUT2D eigenvalue weighted by Gasteiger charge is 2.32. The molecule has 6 nitrogen and oxygen atoms in total. The summed E-state index contributed by atoms with van der Waals surface area (Å²) in [7, 11) is -1.38. The molecule has 1 heterocycles. The number of hydrogen-bond donors (Lipinski definition) is 1. The lowest BCUT2D eigenvalue weighted by Gasteiger charge is -2.22. The van der Waals surface area contributed by atoms with Gasteiger partial charge in [0.15, 0.2) is 9.84 Å². The van der Waals surface area contributed by atoms with Crippen LogP contribution in [0, 0.1) is 0 Å². The van der Waals surface area contributed by atoms with Crippen LogP contribution in [0.5, 0.6) is 5.75 Å². The average molecular weight is 366 g/mol. The monoisotopic (exact) mass is 366 g/mol. The van der Waals surface area contributed by atoms with Gasteiger partial charge in [0, 0.05) is 11.7 Å². The number of amides is 1. The number of ether oxygens (including phenoxy) is 1. The number of halogens is 3. The summed E-state index contributed by atoms with van der Waals surface area (Å²) in [6.45, 7) is -0.0129. The van der Waals surface area contributed by atoms with Gasteiger partial charge in [0.2, 0.25) is 5.91 Å². The number of benzene rings is 1. The van der Waals surface area contributed by atoms with Gasteiger partial charge in [-0.1, -0.05) is 0 Å². The molecule has 2 rings (SSSR count). The lowest BCUT2D eigenvalue weighted by molar-refractivity contribution is -0.274. The second kappa shape index (κ2) is 6.98. The zero-order chi connectivity index (χ0) is 18.0. The third kappa shape index (κ3) is 5.68. The van der Waals surface area contributed by atoms with Crippen molar-refractivity contribution < 1.29 is 31.1 Å². The molecule has 1 aromatic carbocycles. The third-order valence-corrected chi connectivity index (χ3v) is 5.35. The van der Waals surface area contributed by atoms with Crippen molar-refractivity contribution in [2.75, 3.05) is 30.4 Å². The van der Waals surface area contributed by atoms with Gasteiger partial charge in [-0.2, -0.15) is 0 Å². The van der Waals surface area contributed by atoms with Crippen molar-refractivity contribution in [2.45, 2.75) is 18.8 Å².